The highest BCUT2D eigenvalue weighted by atomic mass is 15.3. The summed E-state index contributed by atoms with van der Waals surface area (Å²) >= 11 is 0. The lowest BCUT2D eigenvalue weighted by Gasteiger charge is -2.35. The number of para-hydroxylation sites is 3. The van der Waals surface area contributed by atoms with Gasteiger partial charge < -0.3 is 20.4 Å². The van der Waals surface area contributed by atoms with Gasteiger partial charge in [0.25, 0.3) is 0 Å². The highest BCUT2D eigenvalue weighted by molar-refractivity contribution is 5.98. The molecule has 5 heterocycles. The van der Waals surface area contributed by atoms with Gasteiger partial charge in [0.1, 0.15) is 0 Å². The van der Waals surface area contributed by atoms with Crippen molar-refractivity contribution in [2.75, 3.05) is 9.80 Å². The molecule has 2 N–H and O–H groups in total. The maximum Gasteiger partial charge on any atom is 0.0945 e. The zero-order chi connectivity index (χ0) is 37.0. The van der Waals surface area contributed by atoms with Crippen LogP contribution in [0, 0.1) is 0 Å². The minimum Gasteiger partial charge on any atom is -0.373 e. The summed E-state index contributed by atoms with van der Waals surface area (Å²) in [5.74, 6) is 0. The van der Waals surface area contributed by atoms with Crippen molar-refractivity contribution >= 4 is 39.7 Å². The lowest BCUT2D eigenvalue weighted by atomic mass is 9.94. The number of pyridine rings is 1. The molecule has 1 aromatic heterocycles. The zero-order valence-electron chi connectivity index (χ0n) is 30.5. The van der Waals surface area contributed by atoms with Crippen LogP contribution in [0.4, 0.5) is 22.7 Å². The van der Waals surface area contributed by atoms with Gasteiger partial charge in [0.2, 0.25) is 0 Å². The fourth-order valence-corrected chi connectivity index (χ4v) is 8.72. The first kappa shape index (κ1) is 32.1. The van der Waals surface area contributed by atoms with Gasteiger partial charge >= 0.3 is 0 Å². The molecule has 0 saturated heterocycles. The number of nitrogens with one attached hydrogen (secondary N) is 2. The summed E-state index contributed by atoms with van der Waals surface area (Å²) in [5.41, 5.74) is 18.2. The smallest absolute Gasteiger partial charge is 0.0945 e. The van der Waals surface area contributed by atoms with Crippen LogP contribution in [-0.2, 0) is 0 Å². The fraction of sp³-hybridized carbons (Fsp3) is 0.0392. The number of fused-ring (bicyclic) bond motifs is 7. The van der Waals surface area contributed by atoms with Crippen LogP contribution in [0.2, 0.25) is 0 Å². The summed E-state index contributed by atoms with van der Waals surface area (Å²) in [7, 11) is 0. The van der Waals surface area contributed by atoms with Crippen molar-refractivity contribution < 1.29 is 0 Å². The Morgan fingerprint density at radius 1 is 0.500 bits per heavy atom. The topological polar surface area (TPSA) is 43.4 Å². The van der Waals surface area contributed by atoms with Crippen molar-refractivity contribution in [2.24, 2.45) is 0 Å². The first-order valence-electron chi connectivity index (χ1n) is 19.2. The van der Waals surface area contributed by atoms with Crippen LogP contribution in [-0.4, -0.2) is 4.98 Å². The van der Waals surface area contributed by atoms with Gasteiger partial charge in [-0.2, -0.15) is 0 Å². The molecular formula is C51H37N5. The molecular weight excluding hydrogens is 683 g/mol. The Morgan fingerprint density at radius 3 is 1.93 bits per heavy atom. The first-order chi connectivity index (χ1) is 27.8. The van der Waals surface area contributed by atoms with Crippen LogP contribution >= 0.6 is 0 Å². The van der Waals surface area contributed by atoms with E-state index in [0.717, 1.165) is 51.1 Å². The Labute approximate surface area is 326 Å². The van der Waals surface area contributed by atoms with Crippen molar-refractivity contribution in [1.29, 1.82) is 0 Å². The average Bonchev–Trinajstić information content (AvgIpc) is 3.54. The third kappa shape index (κ3) is 5.28. The number of hydrogen-bond acceptors (Lipinski definition) is 5. The highest BCUT2D eigenvalue weighted by Crippen LogP contribution is 2.53. The molecule has 56 heavy (non-hydrogen) atoms. The number of benzene rings is 6. The number of dihydropyridines is 2. The second kappa shape index (κ2) is 13.2. The van der Waals surface area contributed by atoms with Gasteiger partial charge in [0.15, 0.2) is 0 Å². The van der Waals surface area contributed by atoms with E-state index in [1.54, 1.807) is 0 Å². The monoisotopic (exact) mass is 719 g/mol. The minimum absolute atomic E-state index is 0.0570. The maximum absolute atomic E-state index is 5.02. The van der Waals surface area contributed by atoms with E-state index in [4.69, 9.17) is 4.98 Å². The van der Waals surface area contributed by atoms with Crippen molar-refractivity contribution in [2.45, 2.75) is 12.1 Å². The van der Waals surface area contributed by atoms with Gasteiger partial charge in [-0.15, -0.1) is 0 Å². The van der Waals surface area contributed by atoms with Crippen LogP contribution in [0.3, 0.4) is 0 Å². The Bertz CT molecular complexity index is 2770. The van der Waals surface area contributed by atoms with Crippen molar-refractivity contribution in [1.82, 2.24) is 15.6 Å². The summed E-state index contributed by atoms with van der Waals surface area (Å²) in [6.45, 7) is 0. The van der Waals surface area contributed by atoms with Gasteiger partial charge in [0, 0.05) is 40.0 Å². The average molecular weight is 720 g/mol. The molecule has 0 aliphatic carbocycles. The predicted octanol–water partition coefficient (Wildman–Crippen LogP) is 11.7. The number of nitrogens with zero attached hydrogens (tertiary/aromatic N) is 3. The number of hydrogen-bond donors (Lipinski definition) is 2. The van der Waals surface area contributed by atoms with Gasteiger partial charge in [-0.1, -0.05) is 140 Å². The molecule has 4 aliphatic rings. The number of allylic oxidation sites excluding steroid dienone is 3. The third-order valence-electron chi connectivity index (χ3n) is 11.2. The van der Waals surface area contributed by atoms with E-state index in [2.05, 4.69) is 215 Å². The second-order valence-electron chi connectivity index (χ2n) is 14.5. The molecule has 4 aliphatic heterocycles. The Hall–Kier alpha value is -7.37. The van der Waals surface area contributed by atoms with E-state index in [-0.39, 0.29) is 12.1 Å². The zero-order valence-corrected chi connectivity index (χ0v) is 30.5. The largest absolute Gasteiger partial charge is 0.373 e. The van der Waals surface area contributed by atoms with Gasteiger partial charge in [-0.3, -0.25) is 4.98 Å². The van der Waals surface area contributed by atoms with E-state index in [0.29, 0.717) is 0 Å². The second-order valence-corrected chi connectivity index (χ2v) is 14.5. The van der Waals surface area contributed by atoms with Crippen LogP contribution < -0.4 is 20.4 Å². The van der Waals surface area contributed by atoms with E-state index < -0.39 is 0 Å². The standard InChI is InChI=1S/C51H37N5/c1-4-16-34(17-5-1)36-30-43(35-18-6-2-7-19-35)53-45(31-36)44-32-38(28-29-52-44)56-47-27-15-13-25-42(47)51-49(56)33-48-50(54-51)41-24-11-10-22-39(41)40-23-12-14-26-46(40)55(48)37-20-8-3-9-21-37/h1-33,45,51,53-54H. The first-order valence-corrected chi connectivity index (χ1v) is 19.2. The van der Waals surface area contributed by atoms with E-state index in [1.807, 2.05) is 6.20 Å². The summed E-state index contributed by atoms with van der Waals surface area (Å²) < 4.78 is 0. The molecule has 6 aromatic carbocycles. The van der Waals surface area contributed by atoms with Crippen molar-refractivity contribution in [3.63, 3.8) is 0 Å². The molecule has 0 bridgehead atoms. The van der Waals surface area contributed by atoms with Gasteiger partial charge in [-0.05, 0) is 76.9 Å². The normalized spacial score (nSPS) is 17.8. The molecule has 0 amide bonds. The fourth-order valence-electron chi connectivity index (χ4n) is 8.72. The molecule has 5 nitrogen and oxygen atoms in total. The lowest BCUT2D eigenvalue weighted by molar-refractivity contribution is 0.726. The van der Waals surface area contributed by atoms with E-state index in [9.17, 15) is 0 Å². The molecule has 0 saturated carbocycles. The Kier molecular flexibility index (Phi) is 7.56. The molecule has 0 fully saturated rings. The van der Waals surface area contributed by atoms with Crippen LogP contribution in [0.5, 0.6) is 0 Å². The minimum atomic E-state index is -0.143. The Morgan fingerprint density at radius 2 is 1.14 bits per heavy atom. The third-order valence-corrected chi connectivity index (χ3v) is 11.2. The van der Waals surface area contributed by atoms with Crippen LogP contribution in [0.15, 0.2) is 212 Å². The van der Waals surface area contributed by atoms with E-state index >= 15 is 0 Å². The summed E-state index contributed by atoms with van der Waals surface area (Å²) in [5, 5.41) is 7.94. The van der Waals surface area contributed by atoms with Crippen LogP contribution in [0.1, 0.15) is 40.0 Å². The van der Waals surface area contributed by atoms with Gasteiger partial charge in [0.05, 0.1) is 46.2 Å². The number of rotatable bonds is 5. The molecule has 266 valence electrons. The Balaban J connectivity index is 1.07. The lowest BCUT2D eigenvalue weighted by Crippen LogP contribution is -2.31. The molecule has 7 aromatic rings. The predicted molar refractivity (Wildman–Crippen MR) is 229 cm³/mol. The van der Waals surface area contributed by atoms with Crippen molar-refractivity contribution in [3.8, 4) is 11.1 Å². The van der Waals surface area contributed by atoms with E-state index in [1.165, 1.54) is 39.1 Å². The SMILES string of the molecule is C1=C(c2ccccc2)C=C(c2ccccc2)NC1c1cc(N2C3=CC4=C(NC3c3ccccc32)c2ccccc2-c2ccccc2N4c2ccccc2)ccn1. The summed E-state index contributed by atoms with van der Waals surface area (Å²) in [4.78, 5) is 9.86. The highest BCUT2D eigenvalue weighted by Gasteiger charge is 2.41. The molecule has 0 radical (unpaired) electrons. The van der Waals surface area contributed by atoms with Crippen molar-refractivity contribution in [3.05, 3.63) is 240 Å². The van der Waals surface area contributed by atoms with Crippen LogP contribution in [0.25, 0.3) is 28.1 Å². The van der Waals surface area contributed by atoms with Gasteiger partial charge in [-0.25, -0.2) is 0 Å². The molecule has 2 atom stereocenters. The number of anilines is 4. The molecule has 11 rings (SSSR count). The molecule has 0 spiro atoms. The quantitative estimate of drug-likeness (QED) is 0.185. The summed E-state index contributed by atoms with van der Waals surface area (Å²) in [6.07, 6.45) is 8.91. The summed E-state index contributed by atoms with van der Waals surface area (Å²) in [6, 6.07) is 62.4. The molecule has 2 unspecified atom stereocenters. The molecule has 5 heteroatoms. The maximum atomic E-state index is 5.02. The number of aromatic nitrogens is 1.